The number of halogens is 1. The van der Waals surface area contributed by atoms with Crippen LogP contribution in [0.2, 0.25) is 5.02 Å². The fourth-order valence-corrected chi connectivity index (χ4v) is 5.59. The van der Waals surface area contributed by atoms with Crippen LogP contribution in [0.3, 0.4) is 0 Å². The van der Waals surface area contributed by atoms with Gasteiger partial charge >= 0.3 is 12.2 Å². The number of piperazine rings is 1. The molecular formula is C30H35ClN6O4. The monoisotopic (exact) mass is 578 g/mol. The molecule has 1 saturated heterocycles. The summed E-state index contributed by atoms with van der Waals surface area (Å²) in [5, 5.41) is 3.58. The first kappa shape index (κ1) is 28.6. The predicted molar refractivity (Wildman–Crippen MR) is 156 cm³/mol. The van der Waals surface area contributed by atoms with E-state index in [-0.39, 0.29) is 12.1 Å². The molecule has 1 aliphatic heterocycles. The van der Waals surface area contributed by atoms with Crippen LogP contribution in [0.1, 0.15) is 60.9 Å². The lowest BCUT2D eigenvalue weighted by atomic mass is 9.90. The van der Waals surface area contributed by atoms with Gasteiger partial charge in [0.2, 0.25) is 0 Å². The number of imidazole rings is 1. The maximum Gasteiger partial charge on any atom is 0.410 e. The van der Waals surface area contributed by atoms with Crippen LogP contribution in [0.4, 0.5) is 9.59 Å². The molecule has 3 heterocycles. The highest BCUT2D eigenvalue weighted by molar-refractivity contribution is 6.30. The fraction of sp³-hybridized carbons (Fsp3) is 0.400. The Balaban J connectivity index is 1.58. The van der Waals surface area contributed by atoms with E-state index in [1.807, 2.05) is 62.7 Å². The average Bonchev–Trinajstić information content (AvgIpc) is 3.30. The molecule has 0 bridgehead atoms. The molecule has 11 heteroatoms. The number of amides is 2. The van der Waals surface area contributed by atoms with E-state index in [0.29, 0.717) is 31.2 Å². The van der Waals surface area contributed by atoms with Gasteiger partial charge in [0.25, 0.3) is 0 Å². The number of carbonyl (C=O) groups excluding carboxylic acids is 2. The Morgan fingerprint density at radius 3 is 2.56 bits per heavy atom. The van der Waals surface area contributed by atoms with Crippen molar-refractivity contribution in [2.24, 2.45) is 7.05 Å². The minimum Gasteiger partial charge on any atom is -0.453 e. The zero-order valence-corrected chi connectivity index (χ0v) is 24.7. The molecule has 10 nitrogen and oxygen atoms in total. The number of carbonyl (C=O) groups is 2. The van der Waals surface area contributed by atoms with Gasteiger partial charge in [0.1, 0.15) is 5.60 Å². The Bertz CT molecular complexity index is 1470. The molecule has 2 aliphatic rings. The molecule has 2 amide bonds. The molecule has 1 aromatic carbocycles. The number of ether oxygens (including phenoxy) is 2. The van der Waals surface area contributed by atoms with E-state index in [9.17, 15) is 9.59 Å². The summed E-state index contributed by atoms with van der Waals surface area (Å²) < 4.78 is 12.5. The van der Waals surface area contributed by atoms with Gasteiger partial charge in [0.05, 0.1) is 43.1 Å². The quantitative estimate of drug-likeness (QED) is 0.461. The highest BCUT2D eigenvalue weighted by Crippen LogP contribution is 2.44. The third-order valence-corrected chi connectivity index (χ3v) is 7.54. The summed E-state index contributed by atoms with van der Waals surface area (Å²) in [6.07, 6.45) is 6.41. The second-order valence-electron chi connectivity index (χ2n) is 11.2. The van der Waals surface area contributed by atoms with Crippen LogP contribution in [0.5, 0.6) is 0 Å². The maximum atomic E-state index is 12.8. The van der Waals surface area contributed by atoms with E-state index in [1.54, 1.807) is 23.6 Å². The minimum absolute atomic E-state index is 0.210. The van der Waals surface area contributed by atoms with E-state index in [4.69, 9.17) is 26.1 Å². The number of hydrogen-bond acceptors (Lipinski definition) is 7. The maximum absolute atomic E-state index is 12.8. The van der Waals surface area contributed by atoms with Crippen molar-refractivity contribution in [3.05, 3.63) is 82.2 Å². The summed E-state index contributed by atoms with van der Waals surface area (Å²) in [7, 11) is 3.22. The normalized spacial score (nSPS) is 18.0. The van der Waals surface area contributed by atoms with E-state index in [2.05, 4.69) is 21.3 Å². The largest absolute Gasteiger partial charge is 0.453 e. The number of rotatable bonds is 4. The summed E-state index contributed by atoms with van der Waals surface area (Å²) in [5.74, 6) is 0. The minimum atomic E-state index is -0.581. The first-order valence-corrected chi connectivity index (χ1v) is 13.9. The third-order valence-electron chi connectivity index (χ3n) is 7.30. The fourth-order valence-electron chi connectivity index (χ4n) is 5.42. The topological polar surface area (TPSA) is 102 Å². The van der Waals surface area contributed by atoms with Crippen molar-refractivity contribution in [3.63, 3.8) is 0 Å². The number of fused-ring (bicyclic) bond motifs is 2. The standard InChI is InChI=1S/C30H35ClN6O4/c1-30(2,3)41-29(39)37-13-11-36(12-14-37)27-21-9-8-20(31)16-22(21)23(15-19-7-6-10-33-25(19)27)26(34-28(38)40-5)24-17-32-18-35(24)4/h6-10,15-18,26-27H,11-14H2,1-5H3,(H,34,38)/t26-,27+/m1/s1. The number of aryl methyl sites for hydroxylation is 1. The van der Waals surface area contributed by atoms with Gasteiger partial charge in [-0.25, -0.2) is 14.6 Å². The number of methoxy groups -OCH3 is 1. The molecule has 0 radical (unpaired) electrons. The Morgan fingerprint density at radius 1 is 1.15 bits per heavy atom. The van der Waals surface area contributed by atoms with Gasteiger partial charge in [-0.1, -0.05) is 23.7 Å². The molecule has 1 N–H and O–H groups in total. The SMILES string of the molecule is COC(=O)N[C@H](C1=Cc2cccnc2[C@@H](N2CCN(C(=O)OC(C)(C)C)CC2)c2ccc(Cl)cc21)c1cncn1C. The number of aromatic nitrogens is 3. The van der Waals surface area contributed by atoms with E-state index < -0.39 is 17.7 Å². The van der Waals surface area contributed by atoms with Gasteiger partial charge in [0.15, 0.2) is 0 Å². The molecule has 0 spiro atoms. The van der Waals surface area contributed by atoms with Gasteiger partial charge < -0.3 is 24.3 Å². The van der Waals surface area contributed by atoms with Crippen molar-refractivity contribution in [2.45, 2.75) is 38.5 Å². The van der Waals surface area contributed by atoms with Gasteiger partial charge in [-0.2, -0.15) is 0 Å². The molecule has 0 unspecified atom stereocenters. The van der Waals surface area contributed by atoms with Crippen LogP contribution in [0.25, 0.3) is 11.6 Å². The van der Waals surface area contributed by atoms with Gasteiger partial charge in [-0.05, 0) is 67.3 Å². The molecule has 2 aromatic heterocycles. The van der Waals surface area contributed by atoms with Crippen LogP contribution < -0.4 is 5.32 Å². The van der Waals surface area contributed by atoms with E-state index in [0.717, 1.165) is 33.7 Å². The number of benzene rings is 1. The van der Waals surface area contributed by atoms with Crippen molar-refractivity contribution in [1.82, 2.24) is 29.7 Å². The van der Waals surface area contributed by atoms with Crippen molar-refractivity contribution < 1.29 is 19.1 Å². The van der Waals surface area contributed by atoms with Gasteiger partial charge in [-0.15, -0.1) is 0 Å². The molecular weight excluding hydrogens is 544 g/mol. The smallest absolute Gasteiger partial charge is 0.410 e. The average molecular weight is 579 g/mol. The predicted octanol–water partition coefficient (Wildman–Crippen LogP) is 5.06. The lowest BCUT2D eigenvalue weighted by molar-refractivity contribution is 0.0118. The van der Waals surface area contributed by atoms with Crippen molar-refractivity contribution in [3.8, 4) is 0 Å². The number of nitrogens with one attached hydrogen (secondary N) is 1. The Kier molecular flexibility index (Phi) is 8.06. The van der Waals surface area contributed by atoms with Crippen LogP contribution in [-0.2, 0) is 16.5 Å². The molecule has 2 atom stereocenters. The summed E-state index contributed by atoms with van der Waals surface area (Å²) >= 11 is 6.60. The Labute approximate surface area is 244 Å². The van der Waals surface area contributed by atoms with E-state index >= 15 is 0 Å². The first-order chi connectivity index (χ1) is 19.6. The van der Waals surface area contributed by atoms with Gasteiger partial charge in [-0.3, -0.25) is 9.88 Å². The number of alkyl carbamates (subject to hydrolysis) is 1. The molecule has 216 valence electrons. The molecule has 0 saturated carbocycles. The molecule has 1 fully saturated rings. The molecule has 3 aromatic rings. The lowest BCUT2D eigenvalue weighted by Crippen LogP contribution is -2.51. The zero-order valence-electron chi connectivity index (χ0n) is 23.9. The summed E-state index contributed by atoms with van der Waals surface area (Å²) in [5.41, 5.74) is 4.76. The van der Waals surface area contributed by atoms with Crippen molar-refractivity contribution >= 4 is 35.4 Å². The zero-order chi connectivity index (χ0) is 29.3. The second-order valence-corrected chi connectivity index (χ2v) is 11.6. The molecule has 41 heavy (non-hydrogen) atoms. The van der Waals surface area contributed by atoms with Crippen LogP contribution in [0, 0.1) is 0 Å². The number of pyridine rings is 1. The third kappa shape index (κ3) is 6.08. The number of nitrogens with zero attached hydrogens (tertiary/aromatic N) is 5. The summed E-state index contributed by atoms with van der Waals surface area (Å²) in [6.45, 7) is 7.92. The van der Waals surface area contributed by atoms with Crippen LogP contribution >= 0.6 is 11.6 Å². The summed E-state index contributed by atoms with van der Waals surface area (Å²) in [4.78, 5) is 38.6. The Hall–Kier alpha value is -3.89. The summed E-state index contributed by atoms with van der Waals surface area (Å²) in [6, 6.07) is 8.97. The molecule has 5 rings (SSSR count). The van der Waals surface area contributed by atoms with Crippen molar-refractivity contribution in [2.75, 3.05) is 33.3 Å². The first-order valence-electron chi connectivity index (χ1n) is 13.5. The van der Waals surface area contributed by atoms with E-state index in [1.165, 1.54) is 7.11 Å². The van der Waals surface area contributed by atoms with Crippen molar-refractivity contribution in [1.29, 1.82) is 0 Å². The van der Waals surface area contributed by atoms with Crippen LogP contribution in [-0.4, -0.2) is 75.4 Å². The highest BCUT2D eigenvalue weighted by Gasteiger charge is 2.36. The van der Waals surface area contributed by atoms with Gasteiger partial charge in [0, 0.05) is 44.4 Å². The highest BCUT2D eigenvalue weighted by atomic mass is 35.5. The van der Waals surface area contributed by atoms with Crippen LogP contribution in [0.15, 0.2) is 49.1 Å². The number of hydrogen-bond donors (Lipinski definition) is 1. The Morgan fingerprint density at radius 2 is 1.90 bits per heavy atom. The second kappa shape index (κ2) is 11.5. The lowest BCUT2D eigenvalue weighted by Gasteiger charge is -2.40. The molecule has 1 aliphatic carbocycles.